The summed E-state index contributed by atoms with van der Waals surface area (Å²) in [5.41, 5.74) is 1.13. The molecule has 0 bridgehead atoms. The van der Waals surface area contributed by atoms with Crippen LogP contribution < -0.4 is 9.46 Å². The summed E-state index contributed by atoms with van der Waals surface area (Å²) in [5.74, 6) is -1.89. The fourth-order valence-corrected chi connectivity index (χ4v) is 6.05. The van der Waals surface area contributed by atoms with Gasteiger partial charge in [-0.25, -0.2) is 17.9 Å². The van der Waals surface area contributed by atoms with Crippen molar-refractivity contribution in [2.45, 2.75) is 50.4 Å². The second-order valence-corrected chi connectivity index (χ2v) is 11.9. The largest absolute Gasteiger partial charge is 0.490 e. The standard InChI is InChI=1S/C25H27ClF3N3O4S/c26-22-9-17(27)4-3-16(22)12-31-7-5-19(6-8-31)36-24-11-23(29)21(10-20(24)15-1-2-15)25(33)30-37(34,35)32-13-18(28)14-32/h3-4,9-11,15,18-19H,1-2,5-8,12-14H2,(H,30,33). The maximum absolute atomic E-state index is 15.0. The molecule has 12 heteroatoms. The fraction of sp³-hybridized carbons (Fsp3) is 0.480. The second kappa shape index (κ2) is 10.4. The van der Waals surface area contributed by atoms with Crippen molar-refractivity contribution in [1.29, 1.82) is 0 Å². The van der Waals surface area contributed by atoms with E-state index >= 15 is 0 Å². The minimum absolute atomic E-state index is 0.113. The molecule has 1 aliphatic carbocycles. The van der Waals surface area contributed by atoms with Crippen LogP contribution in [0.3, 0.4) is 0 Å². The van der Waals surface area contributed by atoms with Crippen molar-refractivity contribution in [1.82, 2.24) is 13.9 Å². The molecule has 1 N–H and O–H groups in total. The van der Waals surface area contributed by atoms with Gasteiger partial charge in [-0.1, -0.05) is 17.7 Å². The first kappa shape index (κ1) is 26.3. The third kappa shape index (κ3) is 6.05. The lowest BCUT2D eigenvalue weighted by atomic mass is 10.0. The predicted octanol–water partition coefficient (Wildman–Crippen LogP) is 4.17. The van der Waals surface area contributed by atoms with Crippen LogP contribution in [-0.4, -0.2) is 62.0 Å². The van der Waals surface area contributed by atoms with Crippen LogP contribution in [0.1, 0.15) is 53.1 Å². The average molecular weight is 558 g/mol. The third-order valence-corrected chi connectivity index (χ3v) is 8.74. The number of nitrogens with zero attached hydrogens (tertiary/aromatic N) is 2. The van der Waals surface area contributed by atoms with E-state index in [-0.39, 0.29) is 36.5 Å². The molecular weight excluding hydrogens is 531 g/mol. The first-order valence-electron chi connectivity index (χ1n) is 12.2. The Bertz CT molecular complexity index is 1290. The number of ether oxygens (including phenoxy) is 1. The lowest BCUT2D eigenvalue weighted by molar-refractivity contribution is 0.0949. The molecule has 37 heavy (non-hydrogen) atoms. The van der Waals surface area contributed by atoms with E-state index in [1.54, 1.807) is 6.07 Å². The summed E-state index contributed by atoms with van der Waals surface area (Å²) in [5, 5.41) is 0.385. The number of rotatable bonds is 8. The molecule has 2 saturated heterocycles. The Balaban J connectivity index is 1.23. The summed E-state index contributed by atoms with van der Waals surface area (Å²) < 4.78 is 74.6. The normalized spacial score (nSPS) is 20.0. The van der Waals surface area contributed by atoms with Gasteiger partial charge in [-0.05, 0) is 60.9 Å². The number of alkyl halides is 1. The SMILES string of the molecule is O=C(NS(=O)(=O)N1CC(F)C1)c1cc(C2CC2)c(OC2CCN(Cc3ccc(F)cc3Cl)CC2)cc1F. The minimum Gasteiger partial charge on any atom is -0.490 e. The van der Waals surface area contributed by atoms with Gasteiger partial charge >= 0.3 is 10.2 Å². The maximum Gasteiger partial charge on any atom is 0.304 e. The molecule has 0 aromatic heterocycles. The number of nitrogens with one attached hydrogen (secondary N) is 1. The van der Waals surface area contributed by atoms with Gasteiger partial charge in [0.2, 0.25) is 0 Å². The van der Waals surface area contributed by atoms with Gasteiger partial charge in [0, 0.05) is 43.8 Å². The Labute approximate surface area is 218 Å². The number of likely N-dealkylation sites (tertiary alicyclic amines) is 1. The lowest BCUT2D eigenvalue weighted by Gasteiger charge is -2.33. The van der Waals surface area contributed by atoms with E-state index in [1.807, 2.05) is 4.72 Å². The van der Waals surface area contributed by atoms with Crippen LogP contribution in [0.25, 0.3) is 0 Å². The van der Waals surface area contributed by atoms with Gasteiger partial charge in [-0.2, -0.15) is 12.7 Å². The van der Waals surface area contributed by atoms with Crippen LogP contribution in [0, 0.1) is 11.6 Å². The van der Waals surface area contributed by atoms with E-state index < -0.39 is 28.1 Å². The highest BCUT2D eigenvalue weighted by molar-refractivity contribution is 7.87. The van der Waals surface area contributed by atoms with Gasteiger partial charge in [0.15, 0.2) is 0 Å². The lowest BCUT2D eigenvalue weighted by Crippen LogP contribution is -2.56. The number of carbonyl (C=O) groups excluding carboxylic acids is 1. The molecule has 0 unspecified atom stereocenters. The molecule has 2 aromatic carbocycles. The maximum atomic E-state index is 15.0. The van der Waals surface area contributed by atoms with Gasteiger partial charge in [0.05, 0.1) is 5.56 Å². The van der Waals surface area contributed by atoms with Crippen LogP contribution in [-0.2, 0) is 16.8 Å². The monoisotopic (exact) mass is 557 g/mol. The topological polar surface area (TPSA) is 79.0 Å². The number of halogens is 4. The minimum atomic E-state index is -4.24. The molecule has 2 aromatic rings. The Morgan fingerprint density at radius 3 is 2.41 bits per heavy atom. The Hall–Kier alpha value is -2.34. The van der Waals surface area contributed by atoms with E-state index in [0.717, 1.165) is 28.8 Å². The molecular formula is C25H27ClF3N3O4S. The highest BCUT2D eigenvalue weighted by Crippen LogP contribution is 2.45. The predicted molar refractivity (Wildman–Crippen MR) is 132 cm³/mol. The number of hydrogen-bond donors (Lipinski definition) is 1. The van der Waals surface area contributed by atoms with Crippen molar-refractivity contribution in [3.05, 3.63) is 63.7 Å². The molecule has 0 spiro atoms. The zero-order chi connectivity index (χ0) is 26.3. The first-order chi connectivity index (χ1) is 17.6. The van der Waals surface area contributed by atoms with Crippen molar-refractivity contribution in [2.75, 3.05) is 26.2 Å². The third-order valence-electron chi connectivity index (χ3n) is 6.96. The fourth-order valence-electron chi connectivity index (χ4n) is 4.64. The molecule has 3 aliphatic rings. The smallest absolute Gasteiger partial charge is 0.304 e. The van der Waals surface area contributed by atoms with Crippen molar-refractivity contribution >= 4 is 27.7 Å². The molecule has 2 heterocycles. The summed E-state index contributed by atoms with van der Waals surface area (Å²) in [6, 6.07) is 6.88. The number of hydrogen-bond acceptors (Lipinski definition) is 5. The molecule has 5 rings (SSSR count). The zero-order valence-electron chi connectivity index (χ0n) is 19.9. The van der Waals surface area contributed by atoms with Crippen LogP contribution >= 0.6 is 11.6 Å². The van der Waals surface area contributed by atoms with Gasteiger partial charge in [-0.3, -0.25) is 9.69 Å². The Morgan fingerprint density at radius 1 is 1.08 bits per heavy atom. The van der Waals surface area contributed by atoms with E-state index in [0.29, 0.717) is 48.8 Å². The number of benzene rings is 2. The quantitative estimate of drug-likeness (QED) is 0.527. The molecule has 1 saturated carbocycles. The summed E-state index contributed by atoms with van der Waals surface area (Å²) >= 11 is 6.15. The van der Waals surface area contributed by atoms with Gasteiger partial charge in [0.25, 0.3) is 5.91 Å². The Morgan fingerprint density at radius 2 is 1.78 bits per heavy atom. The molecule has 200 valence electrons. The highest BCUT2D eigenvalue weighted by atomic mass is 35.5. The second-order valence-electron chi connectivity index (χ2n) is 9.82. The van der Waals surface area contributed by atoms with E-state index in [1.165, 1.54) is 18.2 Å². The summed E-state index contributed by atoms with van der Waals surface area (Å²) in [6.45, 7) is 1.36. The van der Waals surface area contributed by atoms with E-state index in [9.17, 15) is 26.4 Å². The zero-order valence-corrected chi connectivity index (χ0v) is 21.5. The van der Waals surface area contributed by atoms with E-state index in [2.05, 4.69) is 4.90 Å². The van der Waals surface area contributed by atoms with Crippen molar-refractivity contribution < 1.29 is 31.1 Å². The molecule has 0 radical (unpaired) electrons. The van der Waals surface area contributed by atoms with Crippen molar-refractivity contribution in [3.63, 3.8) is 0 Å². The van der Waals surface area contributed by atoms with Gasteiger partial charge in [-0.15, -0.1) is 0 Å². The summed E-state index contributed by atoms with van der Waals surface area (Å²) in [7, 11) is -4.24. The van der Waals surface area contributed by atoms with Gasteiger partial charge in [0.1, 0.15) is 29.7 Å². The molecule has 2 aliphatic heterocycles. The van der Waals surface area contributed by atoms with E-state index in [4.69, 9.17) is 16.3 Å². The molecule has 0 atom stereocenters. The van der Waals surface area contributed by atoms with Crippen LogP contribution in [0.5, 0.6) is 5.75 Å². The number of amides is 1. The molecule has 1 amide bonds. The average Bonchev–Trinajstić information content (AvgIpc) is 3.65. The Kier molecular flexibility index (Phi) is 7.41. The summed E-state index contributed by atoms with van der Waals surface area (Å²) in [4.78, 5) is 14.8. The van der Waals surface area contributed by atoms with Crippen molar-refractivity contribution in [2.24, 2.45) is 0 Å². The van der Waals surface area contributed by atoms with Crippen LogP contribution in [0.15, 0.2) is 30.3 Å². The number of piperidine rings is 1. The molecule has 7 nitrogen and oxygen atoms in total. The number of carbonyl (C=O) groups is 1. The molecule has 3 fully saturated rings. The van der Waals surface area contributed by atoms with Crippen LogP contribution in [0.2, 0.25) is 5.02 Å². The van der Waals surface area contributed by atoms with Crippen molar-refractivity contribution in [3.8, 4) is 5.75 Å². The first-order valence-corrected chi connectivity index (χ1v) is 14.0. The highest BCUT2D eigenvalue weighted by Gasteiger charge is 2.38. The van der Waals surface area contributed by atoms with Crippen LogP contribution in [0.4, 0.5) is 13.2 Å². The van der Waals surface area contributed by atoms with Gasteiger partial charge < -0.3 is 4.74 Å². The summed E-state index contributed by atoms with van der Waals surface area (Å²) in [6.07, 6.45) is 1.69.